The van der Waals surface area contributed by atoms with E-state index in [0.29, 0.717) is 6.54 Å². The Hall–Kier alpha value is -1.51. The lowest BCUT2D eigenvalue weighted by Crippen LogP contribution is -2.20. The van der Waals surface area contributed by atoms with Crippen molar-refractivity contribution >= 4 is 17.3 Å². The quantitative estimate of drug-likeness (QED) is 0.878. The van der Waals surface area contributed by atoms with Gasteiger partial charge < -0.3 is 11.1 Å². The maximum absolute atomic E-state index is 6.01. The van der Waals surface area contributed by atoms with Crippen LogP contribution >= 0.6 is 11.6 Å². The molecule has 1 unspecified atom stereocenters. The average Bonchev–Trinajstić information content (AvgIpc) is 2.38. The van der Waals surface area contributed by atoms with Gasteiger partial charge in [-0.05, 0) is 36.2 Å². The van der Waals surface area contributed by atoms with Gasteiger partial charge in [0.15, 0.2) is 0 Å². The molecule has 1 atom stereocenters. The van der Waals surface area contributed by atoms with E-state index in [1.807, 2.05) is 36.4 Å². The second kappa shape index (κ2) is 5.89. The number of nitrogens with two attached hydrogens (primary N) is 1. The Morgan fingerprint density at radius 2 is 1.94 bits per heavy atom. The fourth-order valence-corrected chi connectivity index (χ4v) is 2.12. The molecule has 0 heterocycles. The standard InChI is InChI=1S/C15H17ClN2/c1-11-5-2-3-8-14(11)18-15(10-17)12-6-4-7-13(16)9-12/h2-9,15,18H,10,17H2,1H3. The van der Waals surface area contributed by atoms with E-state index >= 15 is 0 Å². The molecule has 0 aliphatic carbocycles. The van der Waals surface area contributed by atoms with Crippen molar-refractivity contribution in [2.24, 2.45) is 5.73 Å². The van der Waals surface area contributed by atoms with Crippen LogP contribution in [0.15, 0.2) is 48.5 Å². The average molecular weight is 261 g/mol. The summed E-state index contributed by atoms with van der Waals surface area (Å²) >= 11 is 6.01. The number of halogens is 1. The van der Waals surface area contributed by atoms with Crippen LogP contribution in [-0.4, -0.2) is 6.54 Å². The van der Waals surface area contributed by atoms with Gasteiger partial charge in [0.25, 0.3) is 0 Å². The van der Waals surface area contributed by atoms with Crippen molar-refractivity contribution in [3.05, 3.63) is 64.7 Å². The third-order valence-corrected chi connectivity index (χ3v) is 3.20. The zero-order valence-corrected chi connectivity index (χ0v) is 11.1. The number of para-hydroxylation sites is 1. The molecule has 0 bridgehead atoms. The molecule has 3 N–H and O–H groups in total. The number of hydrogen-bond acceptors (Lipinski definition) is 2. The summed E-state index contributed by atoms with van der Waals surface area (Å²) in [5.41, 5.74) is 9.26. The normalized spacial score (nSPS) is 12.2. The highest BCUT2D eigenvalue weighted by Crippen LogP contribution is 2.23. The van der Waals surface area contributed by atoms with Crippen LogP contribution in [0.1, 0.15) is 17.2 Å². The largest absolute Gasteiger partial charge is 0.377 e. The number of nitrogens with one attached hydrogen (secondary N) is 1. The summed E-state index contributed by atoms with van der Waals surface area (Å²) in [6.45, 7) is 2.60. The van der Waals surface area contributed by atoms with E-state index in [0.717, 1.165) is 16.3 Å². The summed E-state index contributed by atoms with van der Waals surface area (Å²) in [5.74, 6) is 0. The molecule has 0 aromatic heterocycles. The lowest BCUT2D eigenvalue weighted by Gasteiger charge is -2.20. The van der Waals surface area contributed by atoms with Gasteiger partial charge in [0, 0.05) is 17.3 Å². The summed E-state index contributed by atoms with van der Waals surface area (Å²) in [4.78, 5) is 0. The number of aryl methyl sites for hydroxylation is 1. The molecule has 94 valence electrons. The van der Waals surface area contributed by atoms with Gasteiger partial charge in [0.1, 0.15) is 0 Å². The molecule has 0 radical (unpaired) electrons. The van der Waals surface area contributed by atoms with Crippen molar-refractivity contribution in [2.45, 2.75) is 13.0 Å². The lowest BCUT2D eigenvalue weighted by atomic mass is 10.1. The van der Waals surface area contributed by atoms with Crippen LogP contribution in [0.5, 0.6) is 0 Å². The van der Waals surface area contributed by atoms with Gasteiger partial charge in [-0.25, -0.2) is 0 Å². The Morgan fingerprint density at radius 1 is 1.17 bits per heavy atom. The molecule has 0 saturated heterocycles. The highest BCUT2D eigenvalue weighted by atomic mass is 35.5. The monoisotopic (exact) mass is 260 g/mol. The first-order chi connectivity index (χ1) is 8.70. The Bertz CT molecular complexity index is 525. The molecule has 0 aliphatic rings. The first-order valence-corrected chi connectivity index (χ1v) is 6.36. The predicted molar refractivity (Wildman–Crippen MR) is 78.0 cm³/mol. The first kappa shape index (κ1) is 12.9. The van der Waals surface area contributed by atoms with Crippen molar-refractivity contribution in [3.63, 3.8) is 0 Å². The molecule has 2 aromatic carbocycles. The van der Waals surface area contributed by atoms with E-state index in [1.165, 1.54) is 5.56 Å². The highest BCUT2D eigenvalue weighted by Gasteiger charge is 2.10. The second-order valence-corrected chi connectivity index (χ2v) is 4.74. The van der Waals surface area contributed by atoms with Crippen LogP contribution in [0.3, 0.4) is 0 Å². The van der Waals surface area contributed by atoms with Gasteiger partial charge in [-0.2, -0.15) is 0 Å². The Labute approximate surface area is 113 Å². The summed E-state index contributed by atoms with van der Waals surface area (Å²) < 4.78 is 0. The molecule has 2 rings (SSSR count). The molecule has 2 nitrogen and oxygen atoms in total. The van der Waals surface area contributed by atoms with E-state index < -0.39 is 0 Å². The summed E-state index contributed by atoms with van der Waals surface area (Å²) in [5, 5.41) is 4.19. The second-order valence-electron chi connectivity index (χ2n) is 4.30. The van der Waals surface area contributed by atoms with Crippen LogP contribution in [0.2, 0.25) is 5.02 Å². The Kier molecular flexibility index (Phi) is 4.24. The lowest BCUT2D eigenvalue weighted by molar-refractivity contribution is 0.789. The molecule has 2 aromatic rings. The molecule has 3 heteroatoms. The molecule has 0 saturated carbocycles. The minimum Gasteiger partial charge on any atom is -0.377 e. The van der Waals surface area contributed by atoms with Crippen molar-refractivity contribution in [2.75, 3.05) is 11.9 Å². The SMILES string of the molecule is Cc1ccccc1NC(CN)c1cccc(Cl)c1. The first-order valence-electron chi connectivity index (χ1n) is 5.98. The maximum Gasteiger partial charge on any atom is 0.0636 e. The third kappa shape index (κ3) is 3.03. The fraction of sp³-hybridized carbons (Fsp3) is 0.200. The molecule has 0 fully saturated rings. The molecular formula is C15H17ClN2. The number of anilines is 1. The molecule has 0 spiro atoms. The van der Waals surface area contributed by atoms with Gasteiger partial charge in [-0.3, -0.25) is 0 Å². The van der Waals surface area contributed by atoms with Crippen LogP contribution in [0.25, 0.3) is 0 Å². The van der Waals surface area contributed by atoms with Crippen molar-refractivity contribution in [1.82, 2.24) is 0 Å². The molecular weight excluding hydrogens is 244 g/mol. The Balaban J connectivity index is 2.23. The topological polar surface area (TPSA) is 38.0 Å². The van der Waals surface area contributed by atoms with Crippen molar-refractivity contribution < 1.29 is 0 Å². The molecule has 18 heavy (non-hydrogen) atoms. The van der Waals surface area contributed by atoms with Gasteiger partial charge in [-0.15, -0.1) is 0 Å². The summed E-state index contributed by atoms with van der Waals surface area (Å²) in [6.07, 6.45) is 0. The van der Waals surface area contributed by atoms with E-state index in [9.17, 15) is 0 Å². The van der Waals surface area contributed by atoms with E-state index in [1.54, 1.807) is 0 Å². The fourth-order valence-electron chi connectivity index (χ4n) is 1.92. The summed E-state index contributed by atoms with van der Waals surface area (Å²) in [7, 11) is 0. The highest BCUT2D eigenvalue weighted by molar-refractivity contribution is 6.30. The smallest absolute Gasteiger partial charge is 0.0636 e. The zero-order chi connectivity index (χ0) is 13.0. The number of hydrogen-bond donors (Lipinski definition) is 2. The van der Waals surface area contributed by atoms with Gasteiger partial charge >= 0.3 is 0 Å². The van der Waals surface area contributed by atoms with Crippen LogP contribution < -0.4 is 11.1 Å². The maximum atomic E-state index is 6.01. The predicted octanol–water partition coefficient (Wildman–Crippen LogP) is 3.76. The van der Waals surface area contributed by atoms with E-state index in [2.05, 4.69) is 24.4 Å². The van der Waals surface area contributed by atoms with Crippen LogP contribution in [0.4, 0.5) is 5.69 Å². The zero-order valence-electron chi connectivity index (χ0n) is 10.4. The number of rotatable bonds is 4. The van der Waals surface area contributed by atoms with Gasteiger partial charge in [0.2, 0.25) is 0 Å². The van der Waals surface area contributed by atoms with Gasteiger partial charge in [0.05, 0.1) is 6.04 Å². The summed E-state index contributed by atoms with van der Waals surface area (Å²) in [6, 6.07) is 16.0. The van der Waals surface area contributed by atoms with E-state index in [-0.39, 0.29) is 6.04 Å². The minimum atomic E-state index is 0.0739. The molecule has 0 aliphatic heterocycles. The van der Waals surface area contributed by atoms with Gasteiger partial charge in [-0.1, -0.05) is 41.9 Å². The molecule has 0 amide bonds. The van der Waals surface area contributed by atoms with Crippen LogP contribution in [-0.2, 0) is 0 Å². The number of benzene rings is 2. The van der Waals surface area contributed by atoms with Crippen LogP contribution in [0, 0.1) is 6.92 Å². The van der Waals surface area contributed by atoms with E-state index in [4.69, 9.17) is 17.3 Å². The van der Waals surface area contributed by atoms with Crippen molar-refractivity contribution in [3.8, 4) is 0 Å². The Morgan fingerprint density at radius 3 is 2.61 bits per heavy atom. The van der Waals surface area contributed by atoms with Crippen molar-refractivity contribution in [1.29, 1.82) is 0 Å². The third-order valence-electron chi connectivity index (χ3n) is 2.96. The minimum absolute atomic E-state index is 0.0739.